The molecule has 1 heterocycles. The van der Waals surface area contributed by atoms with Gasteiger partial charge >= 0.3 is 0 Å². The van der Waals surface area contributed by atoms with Crippen molar-refractivity contribution in [3.05, 3.63) is 12.7 Å². The van der Waals surface area contributed by atoms with Crippen molar-refractivity contribution < 1.29 is 4.74 Å². The van der Waals surface area contributed by atoms with E-state index in [0.717, 1.165) is 18.4 Å². The first-order chi connectivity index (χ1) is 8.33. The fourth-order valence-corrected chi connectivity index (χ4v) is 3.61. The Morgan fingerprint density at radius 2 is 1.88 bits per heavy atom. The molecule has 0 amide bonds. The summed E-state index contributed by atoms with van der Waals surface area (Å²) in [7, 11) is 0. The lowest BCUT2D eigenvalue weighted by atomic mass is 9.76. The summed E-state index contributed by atoms with van der Waals surface area (Å²) >= 11 is 0. The van der Waals surface area contributed by atoms with Crippen LogP contribution in [0.1, 0.15) is 58.3 Å². The Kier molecular flexibility index (Phi) is 5.09. The fraction of sp³-hybridized carbons (Fsp3) is 0.875. The van der Waals surface area contributed by atoms with Gasteiger partial charge in [-0.15, -0.1) is 6.58 Å². The second kappa shape index (κ2) is 6.58. The molecule has 0 aromatic heterocycles. The zero-order valence-corrected chi connectivity index (χ0v) is 11.4. The normalized spacial score (nSPS) is 38.9. The molecule has 17 heavy (non-hydrogen) atoms. The largest absolute Gasteiger partial charge is 0.377 e. The van der Waals surface area contributed by atoms with Crippen molar-refractivity contribution in [1.29, 1.82) is 0 Å². The Hall–Kier alpha value is -0.300. The Morgan fingerprint density at radius 3 is 2.41 bits per heavy atom. The van der Waals surface area contributed by atoms with E-state index in [1.54, 1.807) is 0 Å². The summed E-state index contributed by atoms with van der Waals surface area (Å²) in [4.78, 5) is 0. The summed E-state index contributed by atoms with van der Waals surface area (Å²) in [5.74, 6) is 2.48. The van der Waals surface area contributed by atoms with Crippen molar-refractivity contribution >= 4 is 0 Å². The summed E-state index contributed by atoms with van der Waals surface area (Å²) in [6, 6.07) is 0. The molecule has 1 nitrogen and oxygen atoms in total. The topological polar surface area (TPSA) is 9.23 Å². The van der Waals surface area contributed by atoms with Crippen molar-refractivity contribution in [3.8, 4) is 0 Å². The molecule has 1 heteroatoms. The van der Waals surface area contributed by atoms with Gasteiger partial charge in [0.15, 0.2) is 0 Å². The molecular weight excluding hydrogens is 208 g/mol. The summed E-state index contributed by atoms with van der Waals surface area (Å²) in [5, 5.41) is 0. The lowest BCUT2D eigenvalue weighted by Crippen LogP contribution is -2.33. The SMILES string of the molecule is C=CC1CCC(C2CCC(CCC)CC2)OC1. The molecule has 2 fully saturated rings. The fourth-order valence-electron chi connectivity index (χ4n) is 3.61. The molecule has 0 bridgehead atoms. The first-order valence-corrected chi connectivity index (χ1v) is 7.57. The summed E-state index contributed by atoms with van der Waals surface area (Å²) in [6.45, 7) is 7.10. The molecule has 0 aromatic carbocycles. The van der Waals surface area contributed by atoms with Gasteiger partial charge in [-0.05, 0) is 37.5 Å². The second-order valence-electron chi connectivity index (χ2n) is 6.01. The van der Waals surface area contributed by atoms with Gasteiger partial charge in [-0.2, -0.15) is 0 Å². The predicted octanol–water partition coefficient (Wildman–Crippen LogP) is 4.57. The maximum absolute atomic E-state index is 6.04. The second-order valence-corrected chi connectivity index (χ2v) is 6.01. The number of ether oxygens (including phenoxy) is 1. The van der Waals surface area contributed by atoms with Crippen LogP contribution < -0.4 is 0 Å². The average Bonchev–Trinajstić information content (AvgIpc) is 2.40. The van der Waals surface area contributed by atoms with E-state index in [1.165, 1.54) is 51.4 Å². The third kappa shape index (κ3) is 3.58. The molecule has 0 aromatic rings. The van der Waals surface area contributed by atoms with Crippen LogP contribution in [0.4, 0.5) is 0 Å². The van der Waals surface area contributed by atoms with Crippen molar-refractivity contribution in [2.75, 3.05) is 6.61 Å². The lowest BCUT2D eigenvalue weighted by molar-refractivity contribution is -0.0492. The molecule has 2 unspecified atom stereocenters. The van der Waals surface area contributed by atoms with Gasteiger partial charge in [-0.3, -0.25) is 0 Å². The predicted molar refractivity (Wildman–Crippen MR) is 73.0 cm³/mol. The van der Waals surface area contributed by atoms with Crippen LogP contribution in [-0.4, -0.2) is 12.7 Å². The van der Waals surface area contributed by atoms with E-state index in [9.17, 15) is 0 Å². The van der Waals surface area contributed by atoms with Crippen LogP contribution >= 0.6 is 0 Å². The minimum atomic E-state index is 0.564. The van der Waals surface area contributed by atoms with Crippen LogP contribution in [0.25, 0.3) is 0 Å². The van der Waals surface area contributed by atoms with Crippen LogP contribution in [0.5, 0.6) is 0 Å². The molecule has 2 aliphatic rings. The zero-order valence-electron chi connectivity index (χ0n) is 11.4. The number of hydrogen-bond acceptors (Lipinski definition) is 1. The molecule has 1 aliphatic heterocycles. The molecule has 1 aliphatic carbocycles. The molecule has 1 saturated heterocycles. The minimum absolute atomic E-state index is 0.564. The van der Waals surface area contributed by atoms with Gasteiger partial charge in [0.1, 0.15) is 0 Å². The first kappa shape index (κ1) is 13.1. The summed E-state index contributed by atoms with van der Waals surface area (Å²) < 4.78 is 6.04. The highest BCUT2D eigenvalue weighted by Gasteiger charge is 2.30. The van der Waals surface area contributed by atoms with E-state index in [2.05, 4.69) is 19.6 Å². The Balaban J connectivity index is 1.72. The van der Waals surface area contributed by atoms with Gasteiger partial charge in [-0.1, -0.05) is 38.7 Å². The highest BCUT2D eigenvalue weighted by Crippen LogP contribution is 2.37. The van der Waals surface area contributed by atoms with Gasteiger partial charge < -0.3 is 4.74 Å². The minimum Gasteiger partial charge on any atom is -0.377 e. The smallest absolute Gasteiger partial charge is 0.0603 e. The van der Waals surface area contributed by atoms with Crippen molar-refractivity contribution in [2.24, 2.45) is 17.8 Å². The first-order valence-electron chi connectivity index (χ1n) is 7.57. The molecule has 1 saturated carbocycles. The molecule has 2 rings (SSSR count). The van der Waals surface area contributed by atoms with Gasteiger partial charge in [0.25, 0.3) is 0 Å². The van der Waals surface area contributed by atoms with Crippen LogP contribution in [0.15, 0.2) is 12.7 Å². The number of hydrogen-bond donors (Lipinski definition) is 0. The van der Waals surface area contributed by atoms with E-state index in [0.29, 0.717) is 12.0 Å². The maximum Gasteiger partial charge on any atom is 0.0603 e. The molecule has 98 valence electrons. The summed E-state index contributed by atoms with van der Waals surface area (Å²) in [5.41, 5.74) is 0. The van der Waals surface area contributed by atoms with Gasteiger partial charge in [0, 0.05) is 5.92 Å². The van der Waals surface area contributed by atoms with Gasteiger partial charge in [-0.25, -0.2) is 0 Å². The highest BCUT2D eigenvalue weighted by molar-refractivity contribution is 4.86. The third-order valence-electron chi connectivity index (χ3n) is 4.79. The third-order valence-corrected chi connectivity index (χ3v) is 4.79. The highest BCUT2D eigenvalue weighted by atomic mass is 16.5. The van der Waals surface area contributed by atoms with Gasteiger partial charge in [0.05, 0.1) is 12.7 Å². The maximum atomic E-state index is 6.04. The average molecular weight is 236 g/mol. The Labute approximate surface area is 107 Å². The van der Waals surface area contributed by atoms with E-state index < -0.39 is 0 Å². The van der Waals surface area contributed by atoms with Crippen LogP contribution in [0.2, 0.25) is 0 Å². The molecule has 0 N–H and O–H groups in total. The molecule has 0 spiro atoms. The van der Waals surface area contributed by atoms with Crippen LogP contribution in [0, 0.1) is 17.8 Å². The van der Waals surface area contributed by atoms with Crippen LogP contribution in [-0.2, 0) is 4.74 Å². The zero-order chi connectivity index (χ0) is 12.1. The molecule has 0 radical (unpaired) electrons. The van der Waals surface area contributed by atoms with E-state index in [4.69, 9.17) is 4.74 Å². The Bertz CT molecular complexity index is 220. The van der Waals surface area contributed by atoms with Crippen LogP contribution in [0.3, 0.4) is 0 Å². The molecular formula is C16H28O. The van der Waals surface area contributed by atoms with E-state index in [-0.39, 0.29) is 0 Å². The lowest BCUT2D eigenvalue weighted by Gasteiger charge is -2.37. The van der Waals surface area contributed by atoms with E-state index >= 15 is 0 Å². The standard InChI is InChI=1S/C16H28O/c1-3-5-14-6-9-15(10-7-14)16-11-8-13(4-2)12-17-16/h4,13-16H,2-3,5-12H2,1H3. The Morgan fingerprint density at radius 1 is 1.12 bits per heavy atom. The molecule has 2 atom stereocenters. The quantitative estimate of drug-likeness (QED) is 0.649. The van der Waals surface area contributed by atoms with Gasteiger partial charge in [0.2, 0.25) is 0 Å². The number of rotatable bonds is 4. The van der Waals surface area contributed by atoms with Crippen molar-refractivity contribution in [1.82, 2.24) is 0 Å². The summed E-state index contributed by atoms with van der Waals surface area (Å²) in [6.07, 6.45) is 13.7. The van der Waals surface area contributed by atoms with Crippen molar-refractivity contribution in [3.63, 3.8) is 0 Å². The van der Waals surface area contributed by atoms with E-state index in [1.807, 2.05) is 0 Å². The van der Waals surface area contributed by atoms with Crippen molar-refractivity contribution in [2.45, 2.75) is 64.4 Å². The monoisotopic (exact) mass is 236 g/mol.